The molecule has 0 atom stereocenters. The highest BCUT2D eigenvalue weighted by Gasteiger charge is 2.15. The molecule has 0 aliphatic carbocycles. The van der Waals surface area contributed by atoms with Crippen molar-refractivity contribution >= 4 is 61.4 Å². The van der Waals surface area contributed by atoms with Crippen molar-refractivity contribution in [1.29, 1.82) is 0 Å². The summed E-state index contributed by atoms with van der Waals surface area (Å²) in [7, 11) is 6.41. The maximum atomic E-state index is 12.8. The number of aromatic nitrogens is 2. The van der Waals surface area contributed by atoms with E-state index in [0.717, 1.165) is 54.8 Å². The van der Waals surface area contributed by atoms with Crippen molar-refractivity contribution in [3.63, 3.8) is 0 Å². The van der Waals surface area contributed by atoms with Gasteiger partial charge < -0.3 is 19.7 Å². The lowest BCUT2D eigenvalue weighted by Gasteiger charge is -2.20. The van der Waals surface area contributed by atoms with E-state index in [-0.39, 0.29) is 5.91 Å². The number of benzene rings is 4. The number of methoxy groups -OCH3 is 2. The van der Waals surface area contributed by atoms with E-state index in [1.807, 2.05) is 72.8 Å². The van der Waals surface area contributed by atoms with Gasteiger partial charge in [-0.3, -0.25) is 19.6 Å². The Labute approximate surface area is 274 Å². The summed E-state index contributed by atoms with van der Waals surface area (Å²) in [5.74, 6) is 1.15. The summed E-state index contributed by atoms with van der Waals surface area (Å²) in [5, 5.41) is 4.98. The number of fused-ring (bicyclic) bond motifs is 2. The van der Waals surface area contributed by atoms with E-state index >= 15 is 0 Å². The summed E-state index contributed by atoms with van der Waals surface area (Å²) in [6, 6.07) is 30.6. The van der Waals surface area contributed by atoms with Gasteiger partial charge in [-0.25, -0.2) is 0 Å². The van der Waals surface area contributed by atoms with E-state index in [1.165, 1.54) is 0 Å². The monoisotopic (exact) mass is 646 g/mol. The number of nitrogens with zero attached hydrogens (tertiary/aromatic N) is 3. The van der Waals surface area contributed by atoms with Crippen molar-refractivity contribution in [2.45, 2.75) is 22.9 Å². The van der Waals surface area contributed by atoms with Gasteiger partial charge in [-0.15, -0.1) is 0 Å². The van der Waals surface area contributed by atoms with Gasteiger partial charge in [0.15, 0.2) is 0 Å². The molecule has 0 bridgehead atoms. The van der Waals surface area contributed by atoms with Crippen LogP contribution in [0.3, 0.4) is 0 Å². The Morgan fingerprint density at radius 3 is 2.02 bits per heavy atom. The number of rotatable bonds is 12. The zero-order valence-corrected chi connectivity index (χ0v) is 26.8. The molecule has 0 spiro atoms. The predicted octanol–water partition coefficient (Wildman–Crippen LogP) is 7.69. The summed E-state index contributed by atoms with van der Waals surface area (Å²) in [6.07, 6.45) is 4.40. The van der Waals surface area contributed by atoms with Crippen molar-refractivity contribution in [1.82, 2.24) is 15.3 Å². The number of hydrogen-bond donors (Lipinski definition) is 1. The number of ether oxygens (including phenoxy) is 2. The van der Waals surface area contributed by atoms with Crippen molar-refractivity contribution in [3.05, 3.63) is 126 Å². The number of pyridine rings is 2. The molecule has 0 fully saturated rings. The van der Waals surface area contributed by atoms with Gasteiger partial charge in [-0.2, -0.15) is 0 Å². The fourth-order valence-electron chi connectivity index (χ4n) is 5.13. The molecule has 230 valence electrons. The maximum absolute atomic E-state index is 12.8. The minimum atomic E-state index is -0.174. The molecule has 0 radical (unpaired) electrons. The molecule has 0 aliphatic rings. The van der Waals surface area contributed by atoms with Crippen LogP contribution in [-0.4, -0.2) is 36.5 Å². The molecule has 2 aromatic heterocycles. The summed E-state index contributed by atoms with van der Waals surface area (Å²) < 4.78 is 10.6. The average Bonchev–Trinajstić information content (AvgIpc) is 3.12. The van der Waals surface area contributed by atoms with Crippen LogP contribution in [0.5, 0.6) is 11.5 Å². The number of hydrogen-bond acceptors (Lipinski definition) is 8. The van der Waals surface area contributed by atoms with E-state index in [9.17, 15) is 9.59 Å². The SMILES string of the molecule is COc1cccc(C(=O)NCc2ccc(SSc3ccc(CN(C=O)c4cccc(OC)c4)c4cccnc34)c3ncccc23)c1. The average molecular weight is 647 g/mol. The van der Waals surface area contributed by atoms with Gasteiger partial charge in [0.2, 0.25) is 6.41 Å². The lowest BCUT2D eigenvalue weighted by molar-refractivity contribution is -0.107. The highest BCUT2D eigenvalue weighted by Crippen LogP contribution is 2.43. The van der Waals surface area contributed by atoms with Crippen molar-refractivity contribution < 1.29 is 19.1 Å². The van der Waals surface area contributed by atoms with E-state index in [4.69, 9.17) is 19.4 Å². The van der Waals surface area contributed by atoms with Gasteiger partial charge >= 0.3 is 0 Å². The van der Waals surface area contributed by atoms with Crippen LogP contribution in [-0.2, 0) is 17.9 Å². The zero-order valence-electron chi connectivity index (χ0n) is 25.2. The molecule has 10 heteroatoms. The van der Waals surface area contributed by atoms with E-state index in [1.54, 1.807) is 71.3 Å². The third-order valence-electron chi connectivity index (χ3n) is 7.49. The topological polar surface area (TPSA) is 93.7 Å². The largest absolute Gasteiger partial charge is 0.497 e. The van der Waals surface area contributed by atoms with Gasteiger partial charge in [0.25, 0.3) is 5.91 Å². The number of nitrogens with one attached hydrogen (secondary N) is 1. The van der Waals surface area contributed by atoms with E-state index < -0.39 is 0 Å². The Morgan fingerprint density at radius 2 is 1.37 bits per heavy atom. The number of anilines is 1. The van der Waals surface area contributed by atoms with Crippen LogP contribution in [0.15, 0.2) is 119 Å². The van der Waals surface area contributed by atoms with Crippen LogP contribution in [0.25, 0.3) is 21.8 Å². The molecule has 2 heterocycles. The van der Waals surface area contributed by atoms with Gasteiger partial charge in [-0.05, 0) is 65.7 Å². The van der Waals surface area contributed by atoms with E-state index in [2.05, 4.69) is 11.4 Å². The molecule has 8 nitrogen and oxygen atoms in total. The van der Waals surface area contributed by atoms with Crippen molar-refractivity contribution in [3.8, 4) is 11.5 Å². The molecular weight excluding hydrogens is 617 g/mol. The summed E-state index contributed by atoms with van der Waals surface area (Å²) in [6.45, 7) is 0.751. The second-order valence-corrected chi connectivity index (χ2v) is 12.5. The predicted molar refractivity (Wildman–Crippen MR) is 185 cm³/mol. The van der Waals surface area contributed by atoms with Crippen LogP contribution < -0.4 is 19.7 Å². The minimum absolute atomic E-state index is 0.174. The Balaban J connectivity index is 1.21. The fraction of sp³-hybridized carbons (Fsp3) is 0.111. The summed E-state index contributed by atoms with van der Waals surface area (Å²) >= 11 is 0. The fourth-order valence-corrected chi connectivity index (χ4v) is 7.39. The third kappa shape index (κ3) is 6.78. The van der Waals surface area contributed by atoms with Gasteiger partial charge in [0.05, 0.1) is 31.8 Å². The molecule has 0 unspecified atom stereocenters. The molecule has 0 aliphatic heterocycles. The van der Waals surface area contributed by atoms with Crippen LogP contribution in [0.2, 0.25) is 0 Å². The van der Waals surface area contributed by atoms with Crippen LogP contribution in [0.4, 0.5) is 5.69 Å². The lowest BCUT2D eigenvalue weighted by atomic mass is 10.1. The van der Waals surface area contributed by atoms with E-state index in [0.29, 0.717) is 30.2 Å². The highest BCUT2D eigenvalue weighted by atomic mass is 33.1. The molecule has 6 aromatic rings. The molecular formula is C36H30N4O4S2. The molecule has 2 amide bonds. The second-order valence-electron chi connectivity index (χ2n) is 10.3. The Morgan fingerprint density at radius 1 is 0.761 bits per heavy atom. The van der Waals surface area contributed by atoms with Crippen LogP contribution in [0, 0.1) is 0 Å². The molecule has 0 saturated heterocycles. The first-order chi connectivity index (χ1) is 22.6. The third-order valence-corrected chi connectivity index (χ3v) is 9.92. The lowest BCUT2D eigenvalue weighted by Crippen LogP contribution is -2.22. The van der Waals surface area contributed by atoms with Crippen LogP contribution >= 0.6 is 21.6 Å². The Hall–Kier alpha value is -5.06. The quantitative estimate of drug-likeness (QED) is 0.107. The standard InChI is InChI=1S/C36H30N4O4S2/c1-43-28-9-3-7-24(19-28)36(42)39-21-25-13-15-32(34-30(25)11-5-17-37-34)45-46-33-16-14-26(31-12-6-18-38-35(31)33)22-40(23-41)27-8-4-10-29(20-27)44-2/h3-20,23H,21-22H2,1-2H3,(H,39,42). The second kappa shape index (κ2) is 14.4. The van der Waals surface area contributed by atoms with Gasteiger partial charge in [-0.1, -0.05) is 58.0 Å². The smallest absolute Gasteiger partial charge is 0.251 e. The first kappa shape index (κ1) is 30.9. The van der Waals surface area contributed by atoms with Crippen LogP contribution in [0.1, 0.15) is 21.5 Å². The molecule has 1 N–H and O–H groups in total. The van der Waals surface area contributed by atoms with Gasteiger partial charge in [0, 0.05) is 56.8 Å². The first-order valence-corrected chi connectivity index (χ1v) is 16.6. The number of carbonyl (C=O) groups excluding carboxylic acids is 2. The Bertz CT molecular complexity index is 2040. The van der Waals surface area contributed by atoms with Crippen molar-refractivity contribution in [2.24, 2.45) is 0 Å². The van der Waals surface area contributed by atoms with Gasteiger partial charge in [0.1, 0.15) is 11.5 Å². The molecule has 46 heavy (non-hydrogen) atoms. The number of amides is 2. The van der Waals surface area contributed by atoms with Crippen molar-refractivity contribution in [2.75, 3.05) is 19.1 Å². The highest BCUT2D eigenvalue weighted by molar-refractivity contribution is 8.76. The summed E-state index contributed by atoms with van der Waals surface area (Å²) in [4.78, 5) is 38.0. The first-order valence-electron chi connectivity index (χ1n) is 14.4. The Kier molecular flexibility index (Phi) is 9.66. The zero-order chi connectivity index (χ0) is 31.9. The molecule has 4 aromatic carbocycles. The molecule has 0 saturated carbocycles. The summed E-state index contributed by atoms with van der Waals surface area (Å²) in [5.41, 5.74) is 4.98. The normalized spacial score (nSPS) is 10.9. The minimum Gasteiger partial charge on any atom is -0.497 e. The number of carbonyl (C=O) groups is 2. The maximum Gasteiger partial charge on any atom is 0.251 e. The molecule has 6 rings (SSSR count).